The van der Waals surface area contributed by atoms with E-state index in [2.05, 4.69) is 11.9 Å². The molecule has 0 amide bonds. The Hall–Kier alpha value is -0.730. The molecule has 0 radical (unpaired) electrons. The van der Waals surface area contributed by atoms with Gasteiger partial charge in [-0.3, -0.25) is 0 Å². The highest BCUT2D eigenvalue weighted by atomic mass is 16.5. The molecule has 2 atom stereocenters. The van der Waals surface area contributed by atoms with E-state index in [4.69, 9.17) is 10.5 Å². The average Bonchev–Trinajstić information content (AvgIpc) is 2.56. The zero-order valence-electron chi connectivity index (χ0n) is 9.61. The molecule has 1 saturated carbocycles. The van der Waals surface area contributed by atoms with Crippen molar-refractivity contribution in [2.75, 3.05) is 0 Å². The number of hydrogen-bond donors (Lipinski definition) is 1. The third kappa shape index (κ3) is 2.86. The zero-order valence-corrected chi connectivity index (χ0v) is 9.61. The predicted molar refractivity (Wildman–Crippen MR) is 61.8 cm³/mol. The average molecular weight is 210 g/mol. The van der Waals surface area contributed by atoms with Crippen molar-refractivity contribution in [3.05, 3.63) is 0 Å². The fourth-order valence-corrected chi connectivity index (χ4v) is 2.75. The van der Waals surface area contributed by atoms with E-state index in [1.807, 2.05) is 0 Å². The molecule has 0 aromatic rings. The lowest BCUT2D eigenvalue weighted by molar-refractivity contribution is 0.197. The van der Waals surface area contributed by atoms with Crippen LogP contribution in [0.15, 0.2) is 4.99 Å². The van der Waals surface area contributed by atoms with Crippen molar-refractivity contribution >= 4 is 6.02 Å². The summed E-state index contributed by atoms with van der Waals surface area (Å²) in [5, 5.41) is 0. The highest BCUT2D eigenvalue weighted by molar-refractivity contribution is 5.73. The topological polar surface area (TPSA) is 47.6 Å². The molecule has 3 heteroatoms. The molecule has 1 aliphatic carbocycles. The van der Waals surface area contributed by atoms with Gasteiger partial charge in [0.05, 0.1) is 6.04 Å². The molecule has 1 fully saturated rings. The first-order valence-corrected chi connectivity index (χ1v) is 6.25. The van der Waals surface area contributed by atoms with E-state index < -0.39 is 0 Å². The molecule has 2 rings (SSSR count). The van der Waals surface area contributed by atoms with E-state index >= 15 is 0 Å². The van der Waals surface area contributed by atoms with Crippen LogP contribution in [0.4, 0.5) is 0 Å². The van der Waals surface area contributed by atoms with Crippen LogP contribution in [-0.2, 0) is 4.74 Å². The third-order valence-electron chi connectivity index (χ3n) is 3.74. The van der Waals surface area contributed by atoms with Crippen LogP contribution in [0.1, 0.15) is 51.9 Å². The van der Waals surface area contributed by atoms with Crippen LogP contribution in [0.5, 0.6) is 0 Å². The summed E-state index contributed by atoms with van der Waals surface area (Å²) in [6.45, 7) is 2.06. The van der Waals surface area contributed by atoms with Gasteiger partial charge in [0.1, 0.15) is 6.10 Å². The Morgan fingerprint density at radius 1 is 1.27 bits per heavy atom. The largest absolute Gasteiger partial charge is 0.460 e. The van der Waals surface area contributed by atoms with Gasteiger partial charge in [0.25, 0.3) is 6.02 Å². The minimum Gasteiger partial charge on any atom is -0.460 e. The van der Waals surface area contributed by atoms with Crippen LogP contribution >= 0.6 is 0 Å². The Bertz CT molecular complexity index is 234. The zero-order chi connectivity index (χ0) is 10.7. The SMILES string of the molecule is C[C@@H]1OC(N)=NC1CCC1CCCCC1. The molecule has 0 aromatic heterocycles. The molecule has 3 nitrogen and oxygen atoms in total. The van der Waals surface area contributed by atoms with Crippen molar-refractivity contribution in [1.82, 2.24) is 0 Å². The van der Waals surface area contributed by atoms with Crippen molar-refractivity contribution in [3.8, 4) is 0 Å². The first-order valence-electron chi connectivity index (χ1n) is 6.25. The number of aliphatic imine (C=N–C) groups is 1. The van der Waals surface area contributed by atoms with Crippen molar-refractivity contribution in [2.45, 2.75) is 64.0 Å². The Morgan fingerprint density at radius 2 is 2.00 bits per heavy atom. The van der Waals surface area contributed by atoms with Crippen molar-refractivity contribution in [3.63, 3.8) is 0 Å². The summed E-state index contributed by atoms with van der Waals surface area (Å²) in [6, 6.07) is 0.697. The van der Waals surface area contributed by atoms with Crippen LogP contribution in [-0.4, -0.2) is 18.2 Å². The maximum absolute atomic E-state index is 5.55. The first kappa shape index (κ1) is 10.8. The van der Waals surface area contributed by atoms with Gasteiger partial charge in [-0.1, -0.05) is 32.1 Å². The van der Waals surface area contributed by atoms with Gasteiger partial charge in [-0.25, -0.2) is 4.99 Å². The number of ether oxygens (including phenoxy) is 1. The van der Waals surface area contributed by atoms with E-state index in [1.165, 1.54) is 38.5 Å². The second kappa shape index (κ2) is 4.86. The summed E-state index contributed by atoms with van der Waals surface area (Å²) < 4.78 is 5.34. The van der Waals surface area contributed by atoms with E-state index in [0.717, 1.165) is 12.3 Å². The summed E-state index contributed by atoms with van der Waals surface area (Å²) in [5.41, 5.74) is 5.55. The molecular formula is C12H22N2O. The van der Waals surface area contributed by atoms with E-state index in [1.54, 1.807) is 0 Å². The van der Waals surface area contributed by atoms with Gasteiger partial charge >= 0.3 is 0 Å². The highest BCUT2D eigenvalue weighted by Crippen LogP contribution is 2.29. The fraction of sp³-hybridized carbons (Fsp3) is 0.917. The summed E-state index contributed by atoms with van der Waals surface area (Å²) in [4.78, 5) is 4.33. The maximum atomic E-state index is 5.55. The predicted octanol–water partition coefficient (Wildman–Crippen LogP) is 2.45. The summed E-state index contributed by atoms with van der Waals surface area (Å²) in [5.74, 6) is 0.933. The lowest BCUT2D eigenvalue weighted by Crippen LogP contribution is -2.21. The molecule has 1 aliphatic heterocycles. The Morgan fingerprint density at radius 3 is 2.60 bits per heavy atom. The van der Waals surface area contributed by atoms with Gasteiger partial charge < -0.3 is 10.5 Å². The molecule has 0 aromatic carbocycles. The molecule has 1 heterocycles. The summed E-state index contributed by atoms with van der Waals surface area (Å²) >= 11 is 0. The highest BCUT2D eigenvalue weighted by Gasteiger charge is 2.26. The molecule has 0 saturated heterocycles. The lowest BCUT2D eigenvalue weighted by Gasteiger charge is -2.22. The second-order valence-corrected chi connectivity index (χ2v) is 4.94. The quantitative estimate of drug-likeness (QED) is 0.777. The Labute approximate surface area is 92.1 Å². The molecule has 0 spiro atoms. The molecule has 86 valence electrons. The van der Waals surface area contributed by atoms with Crippen LogP contribution in [0.25, 0.3) is 0 Å². The monoisotopic (exact) mass is 210 g/mol. The van der Waals surface area contributed by atoms with Crippen LogP contribution < -0.4 is 5.73 Å². The number of amidine groups is 1. The van der Waals surface area contributed by atoms with Crippen LogP contribution in [0.2, 0.25) is 0 Å². The van der Waals surface area contributed by atoms with E-state index in [-0.39, 0.29) is 6.10 Å². The van der Waals surface area contributed by atoms with Gasteiger partial charge in [0, 0.05) is 0 Å². The summed E-state index contributed by atoms with van der Waals surface area (Å²) in [7, 11) is 0. The normalized spacial score (nSPS) is 32.5. The molecule has 2 aliphatic rings. The second-order valence-electron chi connectivity index (χ2n) is 4.94. The minimum absolute atomic E-state index is 0.189. The molecule has 0 bridgehead atoms. The molecule has 15 heavy (non-hydrogen) atoms. The van der Waals surface area contributed by atoms with E-state index in [0.29, 0.717) is 12.1 Å². The van der Waals surface area contributed by atoms with Gasteiger partial charge in [-0.2, -0.15) is 0 Å². The Kier molecular flexibility index (Phi) is 3.49. The minimum atomic E-state index is 0.189. The molecule has 2 N–H and O–H groups in total. The van der Waals surface area contributed by atoms with Gasteiger partial charge in [-0.05, 0) is 25.7 Å². The van der Waals surface area contributed by atoms with Crippen LogP contribution in [0, 0.1) is 5.92 Å². The lowest BCUT2D eigenvalue weighted by atomic mass is 9.85. The van der Waals surface area contributed by atoms with Gasteiger partial charge in [0.2, 0.25) is 0 Å². The first-order chi connectivity index (χ1) is 7.25. The van der Waals surface area contributed by atoms with Crippen molar-refractivity contribution in [1.29, 1.82) is 0 Å². The Balaban J connectivity index is 1.72. The van der Waals surface area contributed by atoms with Crippen molar-refractivity contribution < 1.29 is 4.74 Å². The molecular weight excluding hydrogens is 188 g/mol. The number of nitrogens with zero attached hydrogens (tertiary/aromatic N) is 1. The standard InChI is InChI=1S/C12H22N2O/c1-9-11(14-12(13)15-9)8-7-10-5-3-2-4-6-10/h9-11H,2-8H2,1H3,(H2,13,14)/t9-,11?/m0/s1. The summed E-state index contributed by atoms with van der Waals surface area (Å²) in [6.07, 6.45) is 9.75. The number of hydrogen-bond acceptors (Lipinski definition) is 3. The number of rotatable bonds is 3. The molecule has 1 unspecified atom stereocenters. The third-order valence-corrected chi connectivity index (χ3v) is 3.74. The van der Waals surface area contributed by atoms with Crippen molar-refractivity contribution in [2.24, 2.45) is 16.6 Å². The fourth-order valence-electron chi connectivity index (χ4n) is 2.75. The maximum Gasteiger partial charge on any atom is 0.282 e. The van der Waals surface area contributed by atoms with Crippen LogP contribution in [0.3, 0.4) is 0 Å². The number of nitrogens with two attached hydrogens (primary N) is 1. The van der Waals surface area contributed by atoms with Gasteiger partial charge in [-0.15, -0.1) is 0 Å². The smallest absolute Gasteiger partial charge is 0.282 e. The van der Waals surface area contributed by atoms with E-state index in [9.17, 15) is 0 Å². The van der Waals surface area contributed by atoms with Gasteiger partial charge in [0.15, 0.2) is 0 Å².